The highest BCUT2D eigenvalue weighted by Crippen LogP contribution is 2.21. The van der Waals surface area contributed by atoms with E-state index in [4.69, 9.17) is 4.74 Å². The van der Waals surface area contributed by atoms with E-state index in [0.717, 1.165) is 0 Å². The van der Waals surface area contributed by atoms with Gasteiger partial charge in [0.25, 0.3) is 0 Å². The van der Waals surface area contributed by atoms with E-state index >= 15 is 0 Å². The molecule has 0 aromatic heterocycles. The van der Waals surface area contributed by atoms with Crippen molar-refractivity contribution in [3.63, 3.8) is 0 Å². The average Bonchev–Trinajstić information content (AvgIpc) is 2.17. The first-order chi connectivity index (χ1) is 8.10. The highest BCUT2D eigenvalue weighted by atomic mass is 19.4. The number of aliphatic hydroxyl groups is 1. The van der Waals surface area contributed by atoms with Gasteiger partial charge in [0, 0.05) is 13.0 Å². The Morgan fingerprint density at radius 2 is 1.78 bits per heavy atom. The Hall–Kier alpha value is -0.330. The first kappa shape index (κ1) is 17.7. The van der Waals surface area contributed by atoms with Crippen molar-refractivity contribution in [1.29, 1.82) is 0 Å². The number of hydrogen-bond donors (Lipinski definition) is 2. The number of alkyl halides is 3. The zero-order chi connectivity index (χ0) is 14.2. The molecule has 0 rings (SSSR count). The fourth-order valence-corrected chi connectivity index (χ4v) is 1.25. The average molecular weight is 271 g/mol. The molecule has 0 spiro atoms. The number of unbranched alkanes of at least 4 members (excludes halogenated alkanes) is 1. The molecule has 0 saturated heterocycles. The fourth-order valence-electron chi connectivity index (χ4n) is 1.25. The van der Waals surface area contributed by atoms with E-state index in [2.05, 4.69) is 5.32 Å². The van der Waals surface area contributed by atoms with E-state index in [1.54, 1.807) is 0 Å². The summed E-state index contributed by atoms with van der Waals surface area (Å²) in [7, 11) is 0. The van der Waals surface area contributed by atoms with Gasteiger partial charge in [-0.1, -0.05) is 0 Å². The highest BCUT2D eigenvalue weighted by Gasteiger charge is 2.25. The van der Waals surface area contributed by atoms with Crippen molar-refractivity contribution in [1.82, 2.24) is 5.32 Å². The van der Waals surface area contributed by atoms with Gasteiger partial charge in [-0.05, 0) is 40.2 Å². The first-order valence-corrected chi connectivity index (χ1v) is 6.20. The second kappa shape index (κ2) is 7.96. The summed E-state index contributed by atoms with van der Waals surface area (Å²) >= 11 is 0. The van der Waals surface area contributed by atoms with Gasteiger partial charge >= 0.3 is 6.18 Å². The number of aliphatic hydroxyl groups excluding tert-OH is 1. The molecule has 0 radical (unpaired) electrons. The molecule has 0 heterocycles. The van der Waals surface area contributed by atoms with Crippen molar-refractivity contribution in [3.8, 4) is 0 Å². The van der Waals surface area contributed by atoms with Crippen LogP contribution in [-0.2, 0) is 4.74 Å². The smallest absolute Gasteiger partial charge is 0.389 e. The summed E-state index contributed by atoms with van der Waals surface area (Å²) in [6.45, 7) is 6.71. The molecule has 0 aromatic carbocycles. The van der Waals surface area contributed by atoms with Crippen LogP contribution in [0.3, 0.4) is 0 Å². The van der Waals surface area contributed by atoms with Crippen LogP contribution in [0.5, 0.6) is 0 Å². The van der Waals surface area contributed by atoms with Gasteiger partial charge in [0.1, 0.15) is 0 Å². The maximum atomic E-state index is 11.8. The quantitative estimate of drug-likeness (QED) is 0.666. The predicted octanol–water partition coefficient (Wildman–Crippen LogP) is 2.48. The van der Waals surface area contributed by atoms with Crippen molar-refractivity contribution >= 4 is 0 Å². The minimum atomic E-state index is -4.07. The second-order valence-corrected chi connectivity index (χ2v) is 5.35. The van der Waals surface area contributed by atoms with Crippen LogP contribution in [0.1, 0.15) is 40.0 Å². The van der Waals surface area contributed by atoms with Crippen molar-refractivity contribution < 1.29 is 23.0 Å². The minimum absolute atomic E-state index is 0.116. The molecular weight excluding hydrogens is 247 g/mol. The topological polar surface area (TPSA) is 41.5 Å². The molecule has 0 fully saturated rings. The molecule has 0 saturated carbocycles. The zero-order valence-electron chi connectivity index (χ0n) is 11.3. The third-order valence-corrected chi connectivity index (χ3v) is 2.15. The van der Waals surface area contributed by atoms with Crippen LogP contribution in [0.15, 0.2) is 0 Å². The molecule has 3 nitrogen and oxygen atoms in total. The van der Waals surface area contributed by atoms with Crippen molar-refractivity contribution in [2.24, 2.45) is 0 Å². The van der Waals surface area contributed by atoms with E-state index in [9.17, 15) is 18.3 Å². The lowest BCUT2D eigenvalue weighted by Crippen LogP contribution is -2.34. The van der Waals surface area contributed by atoms with Crippen molar-refractivity contribution in [2.75, 3.05) is 19.7 Å². The first-order valence-electron chi connectivity index (χ1n) is 6.20. The van der Waals surface area contributed by atoms with Crippen LogP contribution in [0.2, 0.25) is 0 Å². The standard InChI is InChI=1S/C12H24F3NO2/c1-11(2,3)18-9-10(17)8-16-7-5-4-6-12(13,14)15/h10,16-17H,4-9H2,1-3H3. The van der Waals surface area contributed by atoms with E-state index in [1.807, 2.05) is 20.8 Å². The monoisotopic (exact) mass is 271 g/mol. The van der Waals surface area contributed by atoms with Gasteiger partial charge < -0.3 is 15.2 Å². The lowest BCUT2D eigenvalue weighted by atomic mass is 10.2. The summed E-state index contributed by atoms with van der Waals surface area (Å²) in [5.41, 5.74) is -0.298. The maximum absolute atomic E-state index is 11.8. The molecule has 0 aliphatic carbocycles. The summed E-state index contributed by atoms with van der Waals surface area (Å²) in [4.78, 5) is 0. The Morgan fingerprint density at radius 3 is 2.28 bits per heavy atom. The number of nitrogens with one attached hydrogen (secondary N) is 1. The van der Waals surface area contributed by atoms with Crippen LogP contribution in [-0.4, -0.2) is 42.7 Å². The summed E-state index contributed by atoms with van der Waals surface area (Å²) in [5.74, 6) is 0. The molecule has 0 aromatic rings. The molecule has 2 N–H and O–H groups in total. The molecule has 0 aliphatic rings. The third-order valence-electron chi connectivity index (χ3n) is 2.15. The minimum Gasteiger partial charge on any atom is -0.389 e. The number of hydrogen-bond acceptors (Lipinski definition) is 3. The SMILES string of the molecule is CC(C)(C)OCC(O)CNCCCCC(F)(F)F. The Labute approximate surface area is 107 Å². The highest BCUT2D eigenvalue weighted by molar-refractivity contribution is 4.64. The van der Waals surface area contributed by atoms with Gasteiger partial charge in [-0.25, -0.2) is 0 Å². The second-order valence-electron chi connectivity index (χ2n) is 5.35. The van der Waals surface area contributed by atoms with Crippen molar-refractivity contribution in [3.05, 3.63) is 0 Å². The summed E-state index contributed by atoms with van der Waals surface area (Å²) in [6, 6.07) is 0. The van der Waals surface area contributed by atoms with Gasteiger partial charge in [-0.15, -0.1) is 0 Å². The Morgan fingerprint density at radius 1 is 1.17 bits per heavy atom. The summed E-state index contributed by atoms with van der Waals surface area (Å²) in [6.07, 6.45) is -4.88. The predicted molar refractivity (Wildman–Crippen MR) is 64.5 cm³/mol. The number of halogens is 3. The molecular formula is C12H24F3NO2. The molecule has 18 heavy (non-hydrogen) atoms. The van der Waals surface area contributed by atoms with Crippen LogP contribution < -0.4 is 5.32 Å². The molecule has 1 atom stereocenters. The summed E-state index contributed by atoms with van der Waals surface area (Å²) < 4.78 is 40.9. The largest absolute Gasteiger partial charge is 0.389 e. The van der Waals surface area contributed by atoms with E-state index in [1.165, 1.54) is 0 Å². The van der Waals surface area contributed by atoms with Gasteiger partial charge in [0.05, 0.1) is 18.3 Å². The van der Waals surface area contributed by atoms with Crippen LogP contribution >= 0.6 is 0 Å². The molecule has 0 aliphatic heterocycles. The molecule has 0 bridgehead atoms. The van der Waals surface area contributed by atoms with E-state index in [0.29, 0.717) is 19.5 Å². The lowest BCUT2D eigenvalue weighted by Gasteiger charge is -2.22. The number of ether oxygens (including phenoxy) is 1. The van der Waals surface area contributed by atoms with Gasteiger partial charge in [0.2, 0.25) is 0 Å². The number of rotatable bonds is 8. The molecule has 1 unspecified atom stereocenters. The van der Waals surface area contributed by atoms with E-state index < -0.39 is 18.7 Å². The maximum Gasteiger partial charge on any atom is 0.389 e. The van der Waals surface area contributed by atoms with Crippen LogP contribution in [0.4, 0.5) is 13.2 Å². The van der Waals surface area contributed by atoms with Crippen LogP contribution in [0, 0.1) is 0 Å². The Balaban J connectivity index is 3.38. The molecule has 110 valence electrons. The Kier molecular flexibility index (Phi) is 7.82. The van der Waals surface area contributed by atoms with Gasteiger partial charge in [-0.2, -0.15) is 13.2 Å². The van der Waals surface area contributed by atoms with Gasteiger partial charge in [0.15, 0.2) is 0 Å². The lowest BCUT2D eigenvalue weighted by molar-refractivity contribution is -0.135. The van der Waals surface area contributed by atoms with E-state index in [-0.39, 0.29) is 18.6 Å². The van der Waals surface area contributed by atoms with Gasteiger partial charge in [-0.3, -0.25) is 0 Å². The normalized spacial score (nSPS) is 14.8. The van der Waals surface area contributed by atoms with Crippen molar-refractivity contribution in [2.45, 2.75) is 57.9 Å². The van der Waals surface area contributed by atoms with Crippen LogP contribution in [0.25, 0.3) is 0 Å². The Bertz CT molecular complexity index is 214. The fraction of sp³-hybridized carbons (Fsp3) is 1.00. The molecule has 6 heteroatoms. The molecule has 0 amide bonds. The summed E-state index contributed by atoms with van der Waals surface area (Å²) in [5, 5.41) is 12.4. The third kappa shape index (κ3) is 13.7. The zero-order valence-corrected chi connectivity index (χ0v) is 11.3.